The fourth-order valence-electron chi connectivity index (χ4n) is 13.8. The molecule has 42 heteroatoms. The number of carbonyl (C=O) groups excluding carboxylic acids is 9. The molecule has 0 saturated carbocycles. The molecule has 0 spiro atoms. The summed E-state index contributed by atoms with van der Waals surface area (Å²) in [6, 6.07) is 25.8. The molecule has 9 amide bonds. The summed E-state index contributed by atoms with van der Waals surface area (Å²) in [7, 11) is 3.37. The first kappa shape index (κ1) is 110. The summed E-state index contributed by atoms with van der Waals surface area (Å²) in [4.78, 5) is 141. The van der Waals surface area contributed by atoms with Crippen molar-refractivity contribution in [2.45, 2.75) is 210 Å². The minimum atomic E-state index is -0.516. The van der Waals surface area contributed by atoms with E-state index in [2.05, 4.69) is 206 Å². The fourth-order valence-corrected chi connectivity index (χ4v) is 18.0. The minimum absolute atomic E-state index is 0.0175. The Bertz CT molecular complexity index is 4230. The molecule has 13 rings (SSSR count). The second-order valence-corrected chi connectivity index (χ2v) is 35.6. The zero-order valence-electron chi connectivity index (χ0n) is 75.1. The summed E-state index contributed by atoms with van der Waals surface area (Å²) < 4.78 is 38.7. The molecule has 3 aromatic carbocycles. The standard InChI is InChI=1S/C16H20N2O2S2.C16H22N2O2S.C12H14N2O2S.C12H22N2O2S.C9H16N2O2S.C8H12N2O2S.C8H14N2O2S.C6H10N2O2S2/c1-2-20-15-14-9-6-10-18(14)16(19)13(17-15)11-21-22-12-7-4-3-5-8-12;1-3-19-15-13(10-12-8-6-5-7-9-12)17-16(20-4-2)14(11-21)18-15;15-11-9(6-8-4-2-1-3-5-8)13-12(16)10(7-17)14-11;1-5-15-11-9(7-17)13-12(16-6-2)10(14-11)8(3)4;1-3-12-8-5-10-9(13-4-2)7(6-14)11-8;11-7-6-2-1-3-10(6)8(12)5(4-13)9-7;1-4(2)6-8(12)9-5(3-13)7(11)10-6;9-5-3(1-11)7-6(10)4(2-12)8-5/h3-5,7-8,13-14H,2,6,9-11H2,1H3;5-9,13-14,21H,3-4,10-11H2,1-2H3;1-5,9-10,17H,6-7H2,(H,13,16)(H,14,15);8-10,17H,5-7H2,1-4H3;7,14H,3-6H2,1-2H3;5-6,13H,1-4H2,(H,9,11);4-6,13H,3H2,1-2H3,(H,9,12)(H,10,11);3-4,11-12H,1-2H2,(H,7,10)(H,8,9)/t2*13-,14+;2*9-,10+;7-;2*5-,6+;3-,4+/m0110000./s1. The number of nitrogens with one attached hydrogen (secondary N) is 7. The molecule has 10 aliphatic heterocycles. The number of carbonyl (C=O) groups is 9. The lowest BCUT2D eigenvalue weighted by atomic mass is 10.0. The van der Waals surface area contributed by atoms with Crippen molar-refractivity contribution in [1.82, 2.24) is 47.0 Å². The Morgan fingerprint density at radius 1 is 0.364 bits per heavy atom. The summed E-state index contributed by atoms with van der Waals surface area (Å²) in [5.74, 6) is 8.61. The summed E-state index contributed by atoms with van der Waals surface area (Å²) >= 11 is 32.7. The van der Waals surface area contributed by atoms with Crippen molar-refractivity contribution < 1.29 is 76.3 Å². The lowest BCUT2D eigenvalue weighted by Crippen LogP contribution is -2.63. The highest BCUT2D eigenvalue weighted by atomic mass is 33.1. The molecule has 129 heavy (non-hydrogen) atoms. The van der Waals surface area contributed by atoms with E-state index in [1.807, 2.05) is 134 Å². The van der Waals surface area contributed by atoms with Gasteiger partial charge in [-0.2, -0.15) is 101 Å². The Hall–Kier alpha value is -7.32. The van der Waals surface area contributed by atoms with Crippen LogP contribution < -0.4 is 37.2 Å². The van der Waals surface area contributed by atoms with Gasteiger partial charge in [-0.15, -0.1) is 0 Å². The zero-order valence-corrected chi connectivity index (χ0v) is 83.9. The molecule has 10 aliphatic rings. The lowest BCUT2D eigenvalue weighted by Gasteiger charge is -2.33. The number of fused-ring (bicyclic) bond motifs is 2. The number of ether oxygens (including phenoxy) is 7. The molecule has 6 fully saturated rings. The Kier molecular flexibility index (Phi) is 51.4. The Morgan fingerprint density at radius 3 is 1.22 bits per heavy atom. The minimum Gasteiger partial charge on any atom is -0.480 e. The second kappa shape index (κ2) is 60.0. The third kappa shape index (κ3) is 34.9. The molecule has 714 valence electrons. The molecule has 6 saturated heterocycles. The number of hydrogen-bond acceptors (Lipinski definition) is 33. The number of piperazine rings is 4. The van der Waals surface area contributed by atoms with Crippen LogP contribution >= 0.6 is 123 Å². The molecule has 10 heterocycles. The van der Waals surface area contributed by atoms with E-state index in [1.165, 1.54) is 10.5 Å². The molecule has 0 aromatic heterocycles. The molecular formula is C87H130N16O16S10. The predicted octanol–water partition coefficient (Wildman–Crippen LogP) is 7.31. The average Bonchev–Trinajstić information content (AvgIpc) is 1.67. The van der Waals surface area contributed by atoms with Gasteiger partial charge in [0.15, 0.2) is 0 Å². The van der Waals surface area contributed by atoms with Crippen LogP contribution in [0.15, 0.2) is 131 Å². The maximum Gasteiger partial charge on any atom is 0.249 e. The highest BCUT2D eigenvalue weighted by Crippen LogP contribution is 2.34. The predicted molar refractivity (Wildman–Crippen MR) is 540 cm³/mol. The van der Waals surface area contributed by atoms with E-state index in [0.29, 0.717) is 152 Å². The number of nitrogens with zero attached hydrogens (tertiary/aromatic N) is 9. The smallest absolute Gasteiger partial charge is 0.249 e. The van der Waals surface area contributed by atoms with E-state index in [1.54, 1.807) is 26.5 Å². The van der Waals surface area contributed by atoms with Crippen LogP contribution in [0.1, 0.15) is 113 Å². The first-order valence-electron chi connectivity index (χ1n) is 43.6. The van der Waals surface area contributed by atoms with E-state index in [-0.39, 0.29) is 107 Å². The van der Waals surface area contributed by atoms with Crippen molar-refractivity contribution in [2.24, 2.45) is 46.8 Å². The lowest BCUT2D eigenvalue weighted by molar-refractivity contribution is -0.146. The van der Waals surface area contributed by atoms with Gasteiger partial charge in [0.25, 0.3) is 0 Å². The number of amides is 9. The first-order chi connectivity index (χ1) is 62.2. The highest BCUT2D eigenvalue weighted by molar-refractivity contribution is 8.76. The normalized spacial score (nSPS) is 25.3. The van der Waals surface area contributed by atoms with E-state index < -0.39 is 42.3 Å². The van der Waals surface area contributed by atoms with Gasteiger partial charge in [-0.05, 0) is 109 Å². The molecule has 15 atom stereocenters. The third-order valence-electron chi connectivity index (χ3n) is 20.2. The SMILES string of the molecule is CC(C)[C@H]1NC(=O)[C@H](CS)NC1=O.CCOC1=N[C@@H](CS)C(OCC)=NC1.CCOC1=N[C@@H](CSSc2ccccc2)C(=O)N2CCC[C@H]12.CCOC1=N[C@H](C(C)C)C(OCC)=N[C@H]1CS.CCOC1=N[C@H](Cc2ccccc2)C(OCC)=N[C@H]1CS.O=C1N[C@@H](CS)C(=O)N2CCC[C@H]12.O=C1N[C@H](CS)C(=O)N[C@H]1CS.O=C1N[C@H](Cc2ccccc2)C(=O)N[C@H]1CS. The molecule has 3 aromatic rings. The number of benzene rings is 3. The Labute approximate surface area is 810 Å². The molecule has 0 bridgehead atoms. The maximum atomic E-state index is 12.5. The molecule has 0 unspecified atom stereocenters. The van der Waals surface area contributed by atoms with Crippen molar-refractivity contribution in [3.63, 3.8) is 0 Å². The monoisotopic (exact) mass is 1970 g/mol. The van der Waals surface area contributed by atoms with Crippen molar-refractivity contribution >= 4 is 217 Å². The van der Waals surface area contributed by atoms with Gasteiger partial charge < -0.3 is 80.2 Å². The van der Waals surface area contributed by atoms with Gasteiger partial charge in [-0.1, -0.05) is 128 Å². The summed E-state index contributed by atoms with van der Waals surface area (Å²) in [6.45, 7) is 27.9. The van der Waals surface area contributed by atoms with Gasteiger partial charge in [0, 0.05) is 82.6 Å². The van der Waals surface area contributed by atoms with Crippen molar-refractivity contribution in [3.05, 3.63) is 102 Å². The first-order valence-corrected chi connectivity index (χ1v) is 51.0. The summed E-state index contributed by atoms with van der Waals surface area (Å²) in [5.41, 5.74) is 2.23. The van der Waals surface area contributed by atoms with Crippen molar-refractivity contribution in [1.29, 1.82) is 0 Å². The van der Waals surface area contributed by atoms with Crippen molar-refractivity contribution in [3.8, 4) is 0 Å². The number of hydrogen-bond donors (Lipinski definition) is 15. The van der Waals surface area contributed by atoms with Gasteiger partial charge in [0.2, 0.25) is 94.4 Å². The number of thiol groups is 8. The maximum absolute atomic E-state index is 12.5. The van der Waals surface area contributed by atoms with E-state index in [0.717, 1.165) is 56.7 Å². The van der Waals surface area contributed by atoms with Crippen LogP contribution in [0.3, 0.4) is 0 Å². The molecule has 32 nitrogen and oxygen atoms in total. The number of aliphatic imine (C=N–C) groups is 7. The van der Waals surface area contributed by atoms with E-state index in [9.17, 15) is 43.2 Å². The number of rotatable bonds is 25. The van der Waals surface area contributed by atoms with Gasteiger partial charge in [0.05, 0.1) is 46.2 Å². The van der Waals surface area contributed by atoms with E-state index in [4.69, 9.17) is 38.2 Å². The highest BCUT2D eigenvalue weighted by Gasteiger charge is 2.44. The van der Waals surface area contributed by atoms with Gasteiger partial charge in [-0.25, -0.2) is 34.9 Å². The molecule has 7 N–H and O–H groups in total. The van der Waals surface area contributed by atoms with Crippen LogP contribution in [-0.4, -0.2) is 313 Å². The molecule has 0 radical (unpaired) electrons. The Morgan fingerprint density at radius 2 is 0.744 bits per heavy atom. The van der Waals surface area contributed by atoms with Crippen LogP contribution in [0.4, 0.5) is 0 Å². The van der Waals surface area contributed by atoms with Gasteiger partial charge in [0.1, 0.15) is 97.2 Å². The third-order valence-corrected chi connectivity index (χ3v) is 25.5. The van der Waals surface area contributed by atoms with Crippen LogP contribution in [0.2, 0.25) is 0 Å². The van der Waals surface area contributed by atoms with Gasteiger partial charge >= 0.3 is 0 Å². The molecular weight excluding hydrogens is 1850 g/mol. The van der Waals surface area contributed by atoms with Crippen LogP contribution in [-0.2, 0) is 89.2 Å². The van der Waals surface area contributed by atoms with Gasteiger partial charge in [-0.3, -0.25) is 43.2 Å². The summed E-state index contributed by atoms with van der Waals surface area (Å²) in [5, 5.41) is 18.4. The van der Waals surface area contributed by atoms with Crippen LogP contribution in [0, 0.1) is 11.8 Å². The summed E-state index contributed by atoms with van der Waals surface area (Å²) in [6.07, 6.45) is 5.03. The quantitative estimate of drug-likeness (QED) is 0.0292. The van der Waals surface area contributed by atoms with E-state index >= 15 is 0 Å². The molecule has 0 aliphatic carbocycles. The second-order valence-electron chi connectivity index (χ2n) is 30.3. The topological polar surface area (TPSA) is 395 Å². The zero-order chi connectivity index (χ0) is 94.5. The van der Waals surface area contributed by atoms with Crippen LogP contribution in [0.5, 0.6) is 0 Å². The largest absolute Gasteiger partial charge is 0.480 e. The van der Waals surface area contributed by atoms with Crippen molar-refractivity contribution in [2.75, 3.05) is 118 Å². The average molecular weight is 1980 g/mol. The fraction of sp³-hybridized carbons (Fsp3) is 0.609. The van der Waals surface area contributed by atoms with Crippen LogP contribution in [0.25, 0.3) is 0 Å². The Balaban J connectivity index is 0.000000229.